The summed E-state index contributed by atoms with van der Waals surface area (Å²) in [5.74, 6) is -1.42. The highest BCUT2D eigenvalue weighted by Gasteiger charge is 2.29. The lowest BCUT2D eigenvalue weighted by Gasteiger charge is -2.24. The molecule has 28 heavy (non-hydrogen) atoms. The number of aromatic nitrogens is 2. The minimum absolute atomic E-state index is 0.163. The number of rotatable bonds is 6. The topological polar surface area (TPSA) is 73.3 Å². The molecule has 3 rings (SSSR count). The van der Waals surface area contributed by atoms with Gasteiger partial charge in [-0.3, -0.25) is 9.78 Å². The van der Waals surface area contributed by atoms with E-state index >= 15 is 0 Å². The summed E-state index contributed by atoms with van der Waals surface area (Å²) in [5.41, 5.74) is 0.633. The lowest BCUT2D eigenvalue weighted by atomic mass is 10.0. The van der Waals surface area contributed by atoms with Crippen molar-refractivity contribution in [3.05, 3.63) is 53.2 Å². The van der Waals surface area contributed by atoms with E-state index in [-0.39, 0.29) is 12.1 Å². The number of morpholine rings is 1. The second-order valence-corrected chi connectivity index (χ2v) is 6.17. The number of ketones is 1. The Morgan fingerprint density at radius 1 is 1.32 bits per heavy atom. The van der Waals surface area contributed by atoms with Crippen LogP contribution < -0.4 is 10.1 Å². The first kappa shape index (κ1) is 20.2. The van der Waals surface area contributed by atoms with E-state index in [2.05, 4.69) is 20.0 Å². The Morgan fingerprint density at radius 3 is 2.82 bits per heavy atom. The second-order valence-electron chi connectivity index (χ2n) is 6.17. The molecule has 1 saturated heterocycles. The molecular weight excluding hydrogens is 382 g/mol. The third-order valence-electron chi connectivity index (χ3n) is 3.99. The van der Waals surface area contributed by atoms with Gasteiger partial charge in [0.2, 0.25) is 5.88 Å². The van der Waals surface area contributed by atoms with Crippen LogP contribution in [-0.2, 0) is 11.2 Å². The minimum atomic E-state index is -4.53. The Labute approximate surface area is 157 Å². The zero-order valence-corrected chi connectivity index (χ0v) is 14.6. The number of carbonyl (C=O) groups excluding carboxylic acids is 1. The normalized spacial score (nSPS) is 17.4. The summed E-state index contributed by atoms with van der Waals surface area (Å²) in [7, 11) is 0. The number of hydrogen-bond donors (Lipinski definition) is 1. The highest BCUT2D eigenvalue weighted by molar-refractivity contribution is 5.95. The number of halogens is 4. The summed E-state index contributed by atoms with van der Waals surface area (Å²) in [6.07, 6.45) is -3.01. The first-order valence-electron chi connectivity index (χ1n) is 8.47. The van der Waals surface area contributed by atoms with Gasteiger partial charge in [0.1, 0.15) is 11.5 Å². The van der Waals surface area contributed by atoms with Gasteiger partial charge in [-0.25, -0.2) is 9.37 Å². The van der Waals surface area contributed by atoms with Gasteiger partial charge in [-0.15, -0.1) is 0 Å². The maximum atomic E-state index is 14.4. The molecule has 0 radical (unpaired) electrons. The van der Waals surface area contributed by atoms with Gasteiger partial charge in [-0.1, -0.05) is 12.1 Å². The number of alkyl halides is 3. The number of carbonyl (C=O) groups is 1. The van der Waals surface area contributed by atoms with Crippen molar-refractivity contribution in [2.24, 2.45) is 0 Å². The Morgan fingerprint density at radius 2 is 2.14 bits per heavy atom. The molecule has 1 aromatic heterocycles. The van der Waals surface area contributed by atoms with Gasteiger partial charge in [0.25, 0.3) is 0 Å². The van der Waals surface area contributed by atoms with Crippen LogP contribution >= 0.6 is 0 Å². The third kappa shape index (κ3) is 5.46. The van der Waals surface area contributed by atoms with E-state index in [9.17, 15) is 22.4 Å². The SMILES string of the molecule is O=C(Cc1ccc([C@H]2CNCCO2)c(F)c1)c1cncc(OCC(F)(F)F)n1. The quantitative estimate of drug-likeness (QED) is 0.595. The number of Topliss-reactive ketones (excluding diaryl/α,β-unsaturated/α-hetero) is 1. The molecule has 0 aliphatic carbocycles. The first-order chi connectivity index (χ1) is 13.3. The number of hydrogen-bond acceptors (Lipinski definition) is 6. The van der Waals surface area contributed by atoms with Crippen molar-refractivity contribution in [1.82, 2.24) is 15.3 Å². The largest absolute Gasteiger partial charge is 0.467 e. The first-order valence-corrected chi connectivity index (χ1v) is 8.47. The molecule has 1 fully saturated rings. The average Bonchev–Trinajstić information content (AvgIpc) is 2.67. The van der Waals surface area contributed by atoms with Gasteiger partial charge in [0.05, 0.1) is 25.1 Å². The van der Waals surface area contributed by atoms with Gasteiger partial charge in [-0.05, 0) is 11.6 Å². The average molecular weight is 399 g/mol. The lowest BCUT2D eigenvalue weighted by molar-refractivity contribution is -0.154. The molecule has 6 nitrogen and oxygen atoms in total. The van der Waals surface area contributed by atoms with Crippen LogP contribution in [0.2, 0.25) is 0 Å². The van der Waals surface area contributed by atoms with Gasteiger partial charge in [-0.2, -0.15) is 13.2 Å². The summed E-state index contributed by atoms with van der Waals surface area (Å²) < 4.78 is 61.0. The smallest absolute Gasteiger partial charge is 0.422 e. The van der Waals surface area contributed by atoms with Crippen LogP contribution in [0, 0.1) is 5.82 Å². The van der Waals surface area contributed by atoms with Crippen LogP contribution in [0.4, 0.5) is 17.6 Å². The predicted molar refractivity (Wildman–Crippen MR) is 89.6 cm³/mol. The van der Waals surface area contributed by atoms with Crippen molar-refractivity contribution < 1.29 is 31.8 Å². The fourth-order valence-electron chi connectivity index (χ4n) is 2.69. The number of nitrogens with one attached hydrogen (secondary N) is 1. The molecule has 1 atom stereocenters. The van der Waals surface area contributed by atoms with E-state index in [1.54, 1.807) is 12.1 Å². The van der Waals surface area contributed by atoms with Crippen molar-refractivity contribution in [1.29, 1.82) is 0 Å². The summed E-state index contributed by atoms with van der Waals surface area (Å²) in [6, 6.07) is 4.40. The molecule has 1 aliphatic rings. The number of nitrogens with zero attached hydrogens (tertiary/aromatic N) is 2. The summed E-state index contributed by atoms with van der Waals surface area (Å²) >= 11 is 0. The van der Waals surface area contributed by atoms with Crippen molar-refractivity contribution in [2.75, 3.05) is 26.3 Å². The molecule has 0 amide bonds. The molecule has 0 saturated carbocycles. The van der Waals surface area contributed by atoms with E-state index < -0.39 is 36.4 Å². The highest BCUT2D eigenvalue weighted by Crippen LogP contribution is 2.23. The molecule has 2 heterocycles. The maximum absolute atomic E-state index is 14.4. The van der Waals surface area contributed by atoms with Gasteiger partial charge in [0, 0.05) is 25.1 Å². The molecule has 10 heteroatoms. The van der Waals surface area contributed by atoms with E-state index in [1.807, 2.05) is 0 Å². The Hall–Kier alpha value is -2.59. The van der Waals surface area contributed by atoms with Crippen LogP contribution in [0.5, 0.6) is 5.88 Å². The number of benzene rings is 1. The van der Waals surface area contributed by atoms with Gasteiger partial charge >= 0.3 is 6.18 Å². The van der Waals surface area contributed by atoms with Crippen LogP contribution in [0.25, 0.3) is 0 Å². The maximum Gasteiger partial charge on any atom is 0.422 e. The number of ether oxygens (including phenoxy) is 2. The minimum Gasteiger partial charge on any atom is -0.467 e. The Balaban J connectivity index is 1.66. The molecule has 2 aromatic rings. The molecule has 0 spiro atoms. The molecule has 150 valence electrons. The van der Waals surface area contributed by atoms with Crippen molar-refractivity contribution in [2.45, 2.75) is 18.7 Å². The van der Waals surface area contributed by atoms with Crippen LogP contribution in [0.3, 0.4) is 0 Å². The zero-order valence-electron chi connectivity index (χ0n) is 14.6. The Kier molecular flexibility index (Phi) is 6.20. The standard InChI is InChI=1S/C18H17F4N3O3/c19-13-5-11(1-2-12(13)16-8-23-3-4-27-16)6-15(26)14-7-24-9-17(25-14)28-10-18(20,21)22/h1-2,5,7,9,16,23H,3-4,6,8,10H2/t16-/m1/s1. The fourth-order valence-corrected chi connectivity index (χ4v) is 2.69. The zero-order chi connectivity index (χ0) is 20.1. The van der Waals surface area contributed by atoms with Crippen LogP contribution in [-0.4, -0.2) is 48.2 Å². The summed E-state index contributed by atoms with van der Waals surface area (Å²) in [6.45, 7) is 0.146. The lowest BCUT2D eigenvalue weighted by Crippen LogP contribution is -2.33. The third-order valence-corrected chi connectivity index (χ3v) is 3.99. The van der Waals surface area contributed by atoms with E-state index in [0.29, 0.717) is 30.8 Å². The van der Waals surface area contributed by atoms with Crippen LogP contribution in [0.1, 0.15) is 27.7 Å². The van der Waals surface area contributed by atoms with Gasteiger partial charge < -0.3 is 14.8 Å². The molecule has 1 aliphatic heterocycles. The fraction of sp³-hybridized carbons (Fsp3) is 0.389. The molecule has 1 N–H and O–H groups in total. The molecule has 1 aromatic carbocycles. The summed E-state index contributed by atoms with van der Waals surface area (Å²) in [5, 5.41) is 3.11. The van der Waals surface area contributed by atoms with Crippen molar-refractivity contribution >= 4 is 5.78 Å². The van der Waals surface area contributed by atoms with Gasteiger partial charge in [0.15, 0.2) is 12.4 Å². The second kappa shape index (κ2) is 8.61. The van der Waals surface area contributed by atoms with Crippen molar-refractivity contribution in [3.63, 3.8) is 0 Å². The van der Waals surface area contributed by atoms with Crippen molar-refractivity contribution in [3.8, 4) is 5.88 Å². The van der Waals surface area contributed by atoms with E-state index in [1.165, 1.54) is 6.07 Å². The molecule has 0 bridgehead atoms. The van der Waals surface area contributed by atoms with E-state index in [0.717, 1.165) is 12.4 Å². The Bertz CT molecular complexity index is 839. The predicted octanol–water partition coefficient (Wildman–Crippen LogP) is 2.64. The monoisotopic (exact) mass is 399 g/mol. The molecule has 0 unspecified atom stereocenters. The van der Waals surface area contributed by atoms with E-state index in [4.69, 9.17) is 4.74 Å². The molecular formula is C18H17F4N3O3. The summed E-state index contributed by atoms with van der Waals surface area (Å²) in [4.78, 5) is 19.7. The van der Waals surface area contributed by atoms with Crippen LogP contribution in [0.15, 0.2) is 30.6 Å². The highest BCUT2D eigenvalue weighted by atomic mass is 19.4.